The highest BCUT2D eigenvalue weighted by atomic mass is 35.5. The molecule has 16 heavy (non-hydrogen) atoms. The van der Waals surface area contributed by atoms with E-state index < -0.39 is 41.2 Å². The van der Waals surface area contributed by atoms with Crippen LogP contribution in [0.5, 0.6) is 5.75 Å². The van der Waals surface area contributed by atoms with Gasteiger partial charge in [-0.05, 0) is 6.07 Å². The second-order valence-corrected chi connectivity index (χ2v) is 3.09. The molecule has 1 rings (SSSR count). The van der Waals surface area contributed by atoms with Gasteiger partial charge in [0.25, 0.3) is 6.43 Å². The van der Waals surface area contributed by atoms with Crippen molar-refractivity contribution in [1.82, 2.24) is 4.98 Å². The van der Waals surface area contributed by atoms with Gasteiger partial charge in [0.1, 0.15) is 11.4 Å². The molecule has 1 N–H and O–H groups in total. The van der Waals surface area contributed by atoms with Crippen molar-refractivity contribution in [1.29, 1.82) is 0 Å². The Balaban J connectivity index is 3.40. The normalized spacial score (nSPS) is 12.2. The van der Waals surface area contributed by atoms with Crippen LogP contribution in [0.3, 0.4) is 0 Å². The highest BCUT2D eigenvalue weighted by molar-refractivity contribution is 6.17. The zero-order valence-corrected chi connectivity index (χ0v) is 8.28. The summed E-state index contributed by atoms with van der Waals surface area (Å²) in [7, 11) is 0. The maximum atomic E-state index is 12.3. The lowest BCUT2D eigenvalue weighted by molar-refractivity contribution is -0.141. The maximum Gasteiger partial charge on any atom is 0.433 e. The second-order valence-electron chi connectivity index (χ2n) is 2.82. The monoisotopic (exact) mass is 261 g/mol. The van der Waals surface area contributed by atoms with Crippen LogP contribution in [0.2, 0.25) is 0 Å². The number of alkyl halides is 6. The number of rotatable bonds is 2. The molecule has 0 spiro atoms. The lowest BCUT2D eigenvalue weighted by Crippen LogP contribution is -2.10. The first-order valence-electron chi connectivity index (χ1n) is 3.91. The fraction of sp³-hybridized carbons (Fsp3) is 0.375. The minimum absolute atomic E-state index is 0.107. The molecule has 0 unspecified atom stereocenters. The summed E-state index contributed by atoms with van der Waals surface area (Å²) >= 11 is 5.20. The maximum absolute atomic E-state index is 12.3. The van der Waals surface area contributed by atoms with E-state index in [4.69, 9.17) is 16.7 Å². The highest BCUT2D eigenvalue weighted by Gasteiger charge is 2.35. The molecule has 0 aliphatic heterocycles. The van der Waals surface area contributed by atoms with Crippen molar-refractivity contribution in [2.24, 2.45) is 0 Å². The molecule has 0 bridgehead atoms. The van der Waals surface area contributed by atoms with Crippen LogP contribution in [-0.4, -0.2) is 10.1 Å². The van der Waals surface area contributed by atoms with Gasteiger partial charge in [-0.25, -0.2) is 13.8 Å². The third-order valence-corrected chi connectivity index (χ3v) is 2.00. The fourth-order valence-corrected chi connectivity index (χ4v) is 1.20. The van der Waals surface area contributed by atoms with E-state index in [9.17, 15) is 22.0 Å². The van der Waals surface area contributed by atoms with Gasteiger partial charge < -0.3 is 5.11 Å². The SMILES string of the molecule is Oc1c(C(F)F)cc(C(F)(F)F)nc1CCl. The number of halogens is 6. The predicted octanol–water partition coefficient (Wildman–Crippen LogP) is 3.48. The molecule has 0 fully saturated rings. The summed E-state index contributed by atoms with van der Waals surface area (Å²) < 4.78 is 61.4. The van der Waals surface area contributed by atoms with E-state index in [-0.39, 0.29) is 6.07 Å². The molecule has 0 amide bonds. The highest BCUT2D eigenvalue weighted by Crippen LogP contribution is 2.36. The van der Waals surface area contributed by atoms with Crippen LogP contribution in [0, 0.1) is 0 Å². The second kappa shape index (κ2) is 4.40. The molecule has 90 valence electrons. The van der Waals surface area contributed by atoms with Crippen LogP contribution in [-0.2, 0) is 12.1 Å². The lowest BCUT2D eigenvalue weighted by atomic mass is 10.1. The van der Waals surface area contributed by atoms with E-state index >= 15 is 0 Å². The Morgan fingerprint density at radius 3 is 2.31 bits per heavy atom. The van der Waals surface area contributed by atoms with E-state index in [1.165, 1.54) is 0 Å². The third-order valence-electron chi connectivity index (χ3n) is 1.75. The minimum Gasteiger partial charge on any atom is -0.505 e. The molecule has 0 aromatic carbocycles. The molecule has 0 aliphatic rings. The summed E-state index contributed by atoms with van der Waals surface area (Å²) in [5.74, 6) is -1.59. The average Bonchev–Trinajstić information content (AvgIpc) is 2.15. The largest absolute Gasteiger partial charge is 0.505 e. The van der Waals surface area contributed by atoms with Gasteiger partial charge in [-0.1, -0.05) is 0 Å². The topological polar surface area (TPSA) is 33.1 Å². The molecule has 1 heterocycles. The van der Waals surface area contributed by atoms with Crippen LogP contribution >= 0.6 is 11.6 Å². The van der Waals surface area contributed by atoms with Crippen molar-refractivity contribution in [3.05, 3.63) is 23.0 Å². The van der Waals surface area contributed by atoms with E-state index in [1.54, 1.807) is 0 Å². The molecule has 0 saturated carbocycles. The Morgan fingerprint density at radius 2 is 1.94 bits per heavy atom. The number of aromatic nitrogens is 1. The summed E-state index contributed by atoms with van der Waals surface area (Å²) in [6.07, 6.45) is -8.09. The Bertz CT molecular complexity index is 393. The van der Waals surface area contributed by atoms with E-state index in [0.717, 1.165) is 0 Å². The zero-order chi connectivity index (χ0) is 12.5. The van der Waals surface area contributed by atoms with Crippen LogP contribution in [0.25, 0.3) is 0 Å². The molecule has 1 aromatic rings. The average molecular weight is 262 g/mol. The van der Waals surface area contributed by atoms with Gasteiger partial charge in [0, 0.05) is 0 Å². The number of pyridine rings is 1. The molecule has 8 heteroatoms. The summed E-state index contributed by atoms with van der Waals surface area (Å²) in [5.41, 5.74) is -3.25. The van der Waals surface area contributed by atoms with Gasteiger partial charge >= 0.3 is 6.18 Å². The van der Waals surface area contributed by atoms with Gasteiger partial charge in [-0.2, -0.15) is 13.2 Å². The summed E-state index contributed by atoms with van der Waals surface area (Å²) in [4.78, 5) is 2.96. The van der Waals surface area contributed by atoms with Crippen molar-refractivity contribution in [3.63, 3.8) is 0 Å². The van der Waals surface area contributed by atoms with Crippen LogP contribution < -0.4 is 0 Å². The number of hydrogen-bond acceptors (Lipinski definition) is 2. The molecule has 0 radical (unpaired) electrons. The smallest absolute Gasteiger partial charge is 0.433 e. The van der Waals surface area contributed by atoms with Crippen LogP contribution in [0.4, 0.5) is 22.0 Å². The van der Waals surface area contributed by atoms with E-state index in [1.807, 2.05) is 0 Å². The van der Waals surface area contributed by atoms with Gasteiger partial charge in [-0.3, -0.25) is 0 Å². The van der Waals surface area contributed by atoms with Crippen LogP contribution in [0.15, 0.2) is 6.07 Å². The molecule has 0 atom stereocenters. The van der Waals surface area contributed by atoms with Gasteiger partial charge in [0.15, 0.2) is 0 Å². The Labute approximate surface area is 91.7 Å². The van der Waals surface area contributed by atoms with Crippen molar-refractivity contribution < 1.29 is 27.1 Å². The standard InChI is InChI=1S/C8H5ClF5NO/c9-2-4-6(16)3(7(10)11)1-5(15-4)8(12,13)14/h1,7,16H,2H2. The minimum atomic E-state index is -4.86. The summed E-state index contributed by atoms with van der Waals surface area (Å²) in [5, 5.41) is 9.16. The molecule has 0 aliphatic carbocycles. The molecule has 0 saturated heterocycles. The lowest BCUT2D eigenvalue weighted by Gasteiger charge is -2.12. The molecule has 2 nitrogen and oxygen atoms in total. The van der Waals surface area contributed by atoms with Crippen molar-refractivity contribution in [3.8, 4) is 5.75 Å². The van der Waals surface area contributed by atoms with Gasteiger partial charge in [0.05, 0.1) is 17.1 Å². The summed E-state index contributed by atoms with van der Waals surface area (Å²) in [6, 6.07) is 0.107. The molecule has 1 aromatic heterocycles. The Hall–Kier alpha value is -1.11. The first kappa shape index (κ1) is 13.0. The Kier molecular flexibility index (Phi) is 3.57. The number of aromatic hydroxyl groups is 1. The zero-order valence-electron chi connectivity index (χ0n) is 7.52. The van der Waals surface area contributed by atoms with Gasteiger partial charge in [0.2, 0.25) is 0 Å². The third kappa shape index (κ3) is 2.52. The fourth-order valence-electron chi connectivity index (χ4n) is 1.02. The van der Waals surface area contributed by atoms with Crippen molar-refractivity contribution in [2.75, 3.05) is 0 Å². The quantitative estimate of drug-likeness (QED) is 0.653. The van der Waals surface area contributed by atoms with Crippen molar-refractivity contribution >= 4 is 11.6 Å². The number of nitrogens with zero attached hydrogens (tertiary/aromatic N) is 1. The first-order valence-corrected chi connectivity index (χ1v) is 4.45. The van der Waals surface area contributed by atoms with E-state index in [2.05, 4.69) is 4.98 Å². The molecular formula is C8H5ClF5NO. The van der Waals surface area contributed by atoms with Crippen LogP contribution in [0.1, 0.15) is 23.4 Å². The van der Waals surface area contributed by atoms with Gasteiger partial charge in [-0.15, -0.1) is 11.6 Å². The summed E-state index contributed by atoms with van der Waals surface area (Å²) in [6.45, 7) is 0. The first-order chi connectivity index (χ1) is 7.27. The number of hydrogen-bond donors (Lipinski definition) is 1. The predicted molar refractivity (Wildman–Crippen MR) is 45.4 cm³/mol. The van der Waals surface area contributed by atoms with E-state index in [0.29, 0.717) is 0 Å². The van der Waals surface area contributed by atoms with Crippen molar-refractivity contribution in [2.45, 2.75) is 18.5 Å². The Morgan fingerprint density at radius 1 is 1.38 bits per heavy atom. The molecular weight excluding hydrogens is 257 g/mol.